The third-order valence-electron chi connectivity index (χ3n) is 2.21. The van der Waals surface area contributed by atoms with Crippen LogP contribution in [0.5, 0.6) is 0 Å². The Morgan fingerprint density at radius 2 is 2.60 bits per heavy atom. The Labute approximate surface area is 60.6 Å². The minimum atomic E-state index is 0.902. The maximum Gasteiger partial charge on any atom is 0.0704 e. The highest BCUT2D eigenvalue weighted by Gasteiger charge is 2.18. The average molecular weight is 135 g/mol. The van der Waals surface area contributed by atoms with Crippen molar-refractivity contribution >= 4 is 0 Å². The second kappa shape index (κ2) is 2.45. The smallest absolute Gasteiger partial charge is 0.0704 e. The molecule has 1 heterocycles. The van der Waals surface area contributed by atoms with Gasteiger partial charge in [0.2, 0.25) is 0 Å². The van der Waals surface area contributed by atoms with E-state index in [1.54, 1.807) is 6.20 Å². The van der Waals surface area contributed by atoms with Crippen LogP contribution in [0, 0.1) is 12.0 Å². The van der Waals surface area contributed by atoms with E-state index in [0.717, 1.165) is 18.0 Å². The van der Waals surface area contributed by atoms with E-state index in [0.29, 0.717) is 0 Å². The summed E-state index contributed by atoms with van der Waals surface area (Å²) >= 11 is 0. The largest absolute Gasteiger partial charge is 0.285 e. The lowest BCUT2D eigenvalue weighted by Gasteiger charge is -2.23. The highest BCUT2D eigenvalue weighted by Crippen LogP contribution is 2.28. The average Bonchev–Trinajstić information content (AvgIpc) is 2.29. The third-order valence-corrected chi connectivity index (χ3v) is 2.21. The number of nitrogens with zero attached hydrogens (tertiary/aromatic N) is 1. The van der Waals surface area contributed by atoms with Crippen LogP contribution >= 0.6 is 0 Å². The Bertz CT molecular complexity index is 187. The molecule has 0 aromatic carbocycles. The molecule has 1 aromatic rings. The number of hydrogen-bond donors (Lipinski definition) is 1. The highest BCUT2D eigenvalue weighted by atomic mass is 15.1. The summed E-state index contributed by atoms with van der Waals surface area (Å²) in [6.07, 6.45) is 7.09. The van der Waals surface area contributed by atoms with Crippen molar-refractivity contribution in [2.45, 2.75) is 25.7 Å². The molecule has 2 nitrogen and oxygen atoms in total. The SMILES string of the molecule is [c]1c[nH]nc1CC1CCC1. The molecule has 53 valence electrons. The zero-order chi connectivity index (χ0) is 6.81. The molecule has 0 bridgehead atoms. The van der Waals surface area contributed by atoms with Crippen molar-refractivity contribution in [1.82, 2.24) is 10.2 Å². The van der Waals surface area contributed by atoms with Crippen LogP contribution in [0.3, 0.4) is 0 Å². The van der Waals surface area contributed by atoms with Gasteiger partial charge in [-0.05, 0) is 12.3 Å². The summed E-state index contributed by atoms with van der Waals surface area (Å²) in [6, 6.07) is 3.07. The molecular formula is C8H11N2. The summed E-state index contributed by atoms with van der Waals surface area (Å²) in [5, 5.41) is 6.84. The lowest BCUT2D eigenvalue weighted by atomic mass is 9.82. The van der Waals surface area contributed by atoms with E-state index >= 15 is 0 Å². The molecule has 0 saturated heterocycles. The molecular weight excluding hydrogens is 124 g/mol. The maximum atomic E-state index is 4.06. The molecule has 0 amide bonds. The van der Waals surface area contributed by atoms with Crippen molar-refractivity contribution in [3.63, 3.8) is 0 Å². The van der Waals surface area contributed by atoms with Crippen molar-refractivity contribution in [2.75, 3.05) is 0 Å². The fourth-order valence-electron chi connectivity index (χ4n) is 1.33. The first kappa shape index (κ1) is 5.96. The Morgan fingerprint density at radius 3 is 3.10 bits per heavy atom. The minimum Gasteiger partial charge on any atom is -0.285 e. The second-order valence-corrected chi connectivity index (χ2v) is 2.98. The quantitative estimate of drug-likeness (QED) is 0.654. The molecule has 1 aliphatic rings. The van der Waals surface area contributed by atoms with Crippen LogP contribution in [-0.4, -0.2) is 10.2 Å². The molecule has 0 aliphatic heterocycles. The molecule has 0 atom stereocenters. The predicted molar refractivity (Wildman–Crippen MR) is 38.5 cm³/mol. The van der Waals surface area contributed by atoms with Gasteiger partial charge in [0.05, 0.1) is 5.69 Å². The van der Waals surface area contributed by atoms with Crippen LogP contribution in [0.15, 0.2) is 6.20 Å². The molecule has 2 rings (SSSR count). The van der Waals surface area contributed by atoms with E-state index in [9.17, 15) is 0 Å². The monoisotopic (exact) mass is 135 g/mol. The lowest BCUT2D eigenvalue weighted by molar-refractivity contribution is 0.312. The highest BCUT2D eigenvalue weighted by molar-refractivity contribution is 4.97. The van der Waals surface area contributed by atoms with Crippen LogP contribution in [0.1, 0.15) is 25.0 Å². The van der Waals surface area contributed by atoms with E-state index < -0.39 is 0 Å². The van der Waals surface area contributed by atoms with E-state index in [1.807, 2.05) is 0 Å². The molecule has 1 radical (unpaired) electrons. The summed E-state index contributed by atoms with van der Waals surface area (Å²) in [6.45, 7) is 0. The van der Waals surface area contributed by atoms with E-state index in [1.165, 1.54) is 19.3 Å². The number of hydrogen-bond acceptors (Lipinski definition) is 1. The zero-order valence-corrected chi connectivity index (χ0v) is 5.93. The van der Waals surface area contributed by atoms with Crippen LogP contribution in [0.25, 0.3) is 0 Å². The van der Waals surface area contributed by atoms with Crippen LogP contribution in [-0.2, 0) is 6.42 Å². The van der Waals surface area contributed by atoms with Gasteiger partial charge >= 0.3 is 0 Å². The van der Waals surface area contributed by atoms with Gasteiger partial charge in [0.25, 0.3) is 0 Å². The number of aromatic nitrogens is 2. The topological polar surface area (TPSA) is 28.7 Å². The fraction of sp³-hybridized carbons (Fsp3) is 0.625. The van der Waals surface area contributed by atoms with Crippen LogP contribution < -0.4 is 0 Å². The molecule has 1 aliphatic carbocycles. The first-order valence-electron chi connectivity index (χ1n) is 3.85. The van der Waals surface area contributed by atoms with Gasteiger partial charge in [-0.3, -0.25) is 5.10 Å². The molecule has 0 spiro atoms. The standard InChI is InChI=1S/C8H11N2/c1-2-7(3-1)6-8-4-5-9-10-8/h5,7H,1-3,6H2,(H,9,10). The summed E-state index contributed by atoms with van der Waals surface area (Å²) in [7, 11) is 0. The lowest BCUT2D eigenvalue weighted by Crippen LogP contribution is -2.13. The number of nitrogens with one attached hydrogen (secondary N) is 1. The van der Waals surface area contributed by atoms with Crippen molar-refractivity contribution in [3.8, 4) is 0 Å². The summed E-state index contributed by atoms with van der Waals surface area (Å²) in [4.78, 5) is 0. The predicted octanol–water partition coefficient (Wildman–Crippen LogP) is 1.55. The summed E-state index contributed by atoms with van der Waals surface area (Å²) < 4.78 is 0. The van der Waals surface area contributed by atoms with Crippen LogP contribution in [0.2, 0.25) is 0 Å². The molecule has 1 saturated carbocycles. The number of rotatable bonds is 2. The van der Waals surface area contributed by atoms with Gasteiger partial charge in [-0.1, -0.05) is 19.3 Å². The molecule has 10 heavy (non-hydrogen) atoms. The summed E-state index contributed by atoms with van der Waals surface area (Å²) in [5.74, 6) is 0.902. The van der Waals surface area contributed by atoms with E-state index in [4.69, 9.17) is 0 Å². The molecule has 1 aromatic heterocycles. The first-order valence-corrected chi connectivity index (χ1v) is 3.85. The Morgan fingerprint density at radius 1 is 1.70 bits per heavy atom. The third kappa shape index (κ3) is 1.06. The number of H-pyrrole nitrogens is 1. The normalized spacial score (nSPS) is 18.8. The van der Waals surface area contributed by atoms with Gasteiger partial charge in [0.1, 0.15) is 0 Å². The van der Waals surface area contributed by atoms with Gasteiger partial charge in [-0.15, -0.1) is 0 Å². The molecule has 2 heteroatoms. The van der Waals surface area contributed by atoms with E-state index in [-0.39, 0.29) is 0 Å². The Balaban J connectivity index is 1.90. The summed E-state index contributed by atoms with van der Waals surface area (Å²) in [5.41, 5.74) is 1.10. The van der Waals surface area contributed by atoms with Gasteiger partial charge in [-0.2, -0.15) is 5.10 Å². The molecule has 1 N–H and O–H groups in total. The van der Waals surface area contributed by atoms with Gasteiger partial charge < -0.3 is 0 Å². The van der Waals surface area contributed by atoms with Gasteiger partial charge in [0.15, 0.2) is 0 Å². The van der Waals surface area contributed by atoms with Crippen LogP contribution in [0.4, 0.5) is 0 Å². The fourth-order valence-corrected chi connectivity index (χ4v) is 1.33. The van der Waals surface area contributed by atoms with Crippen molar-refractivity contribution in [2.24, 2.45) is 5.92 Å². The zero-order valence-electron chi connectivity index (χ0n) is 5.93. The van der Waals surface area contributed by atoms with E-state index in [2.05, 4.69) is 16.3 Å². The van der Waals surface area contributed by atoms with Gasteiger partial charge in [-0.25, -0.2) is 0 Å². The second-order valence-electron chi connectivity index (χ2n) is 2.98. The van der Waals surface area contributed by atoms with Crippen molar-refractivity contribution in [3.05, 3.63) is 18.0 Å². The van der Waals surface area contributed by atoms with Gasteiger partial charge in [0, 0.05) is 12.3 Å². The molecule has 0 unspecified atom stereocenters. The van der Waals surface area contributed by atoms with Crippen molar-refractivity contribution in [1.29, 1.82) is 0 Å². The Kier molecular flexibility index (Phi) is 1.46. The Hall–Kier alpha value is -0.790. The maximum absolute atomic E-state index is 4.06. The first-order chi connectivity index (χ1) is 4.95. The molecule has 1 fully saturated rings. The van der Waals surface area contributed by atoms with Crippen molar-refractivity contribution < 1.29 is 0 Å². The minimum absolute atomic E-state index is 0.902. The number of aromatic amines is 1.